The van der Waals surface area contributed by atoms with Gasteiger partial charge in [0.15, 0.2) is 0 Å². The zero-order valence-electron chi connectivity index (χ0n) is 18.8. The van der Waals surface area contributed by atoms with Crippen LogP contribution < -0.4 is 15.0 Å². The number of carbonyl (C=O) groups is 2. The molecule has 0 radical (unpaired) electrons. The highest BCUT2D eigenvalue weighted by atomic mass is 16.5. The minimum absolute atomic E-state index is 0.00872. The molecule has 1 N–H and O–H groups in total. The monoisotopic (exact) mass is 435 g/mol. The van der Waals surface area contributed by atoms with Gasteiger partial charge >= 0.3 is 0 Å². The smallest absolute Gasteiger partial charge is 0.229 e. The molecule has 2 aromatic rings. The van der Waals surface area contributed by atoms with Crippen molar-refractivity contribution in [3.63, 3.8) is 0 Å². The molecule has 4 rings (SSSR count). The molecule has 2 atom stereocenters. The Morgan fingerprint density at radius 2 is 1.78 bits per heavy atom. The molecule has 2 amide bonds. The Hall–Kier alpha value is -3.02. The number of likely N-dealkylation sites (tertiary alicyclic amines) is 1. The number of rotatable bonds is 7. The summed E-state index contributed by atoms with van der Waals surface area (Å²) in [5.74, 6) is 1.35. The molecule has 2 unspecified atom stereocenters. The molecule has 2 heterocycles. The highest BCUT2D eigenvalue weighted by molar-refractivity contribution is 5.93. The fraction of sp³-hybridized carbons (Fsp3) is 0.462. The summed E-state index contributed by atoms with van der Waals surface area (Å²) in [5.41, 5.74) is 2.02. The van der Waals surface area contributed by atoms with Gasteiger partial charge in [0.2, 0.25) is 11.8 Å². The third-order valence-electron chi connectivity index (χ3n) is 6.40. The zero-order chi connectivity index (χ0) is 22.3. The van der Waals surface area contributed by atoms with Gasteiger partial charge in [-0.25, -0.2) is 0 Å². The van der Waals surface area contributed by atoms with Crippen LogP contribution in [0.25, 0.3) is 0 Å². The van der Waals surface area contributed by atoms with Crippen LogP contribution in [0.5, 0.6) is 5.75 Å². The van der Waals surface area contributed by atoms with Crippen LogP contribution in [-0.4, -0.2) is 49.5 Å². The number of amides is 2. The van der Waals surface area contributed by atoms with Gasteiger partial charge in [0.25, 0.3) is 0 Å². The highest BCUT2D eigenvalue weighted by Crippen LogP contribution is 2.25. The number of anilines is 2. The average molecular weight is 436 g/mol. The number of benzene rings is 2. The number of para-hydroxylation sites is 1. The first kappa shape index (κ1) is 22.2. The highest BCUT2D eigenvalue weighted by Gasteiger charge is 2.28. The molecule has 170 valence electrons. The standard InChI is InChI=1S/C26H33N3O3/c1-20-13-16-28(18-20)23-11-9-22(10-12-23)27-26(31)21-6-5-15-29(19-21)25(30)14-17-32-24-7-3-2-4-8-24/h2-4,7-12,20-21H,5-6,13-19H2,1H3,(H,27,31). The quantitative estimate of drug-likeness (QED) is 0.709. The van der Waals surface area contributed by atoms with Gasteiger partial charge in [0, 0.05) is 37.6 Å². The molecule has 2 fully saturated rings. The lowest BCUT2D eigenvalue weighted by Crippen LogP contribution is -2.44. The van der Waals surface area contributed by atoms with Crippen LogP contribution in [0.3, 0.4) is 0 Å². The van der Waals surface area contributed by atoms with Crippen molar-refractivity contribution in [3.8, 4) is 5.75 Å². The van der Waals surface area contributed by atoms with Crippen LogP contribution in [0, 0.1) is 11.8 Å². The maximum atomic E-state index is 12.8. The van der Waals surface area contributed by atoms with Gasteiger partial charge in [-0.3, -0.25) is 9.59 Å². The van der Waals surface area contributed by atoms with E-state index in [9.17, 15) is 9.59 Å². The van der Waals surface area contributed by atoms with Crippen molar-refractivity contribution in [1.29, 1.82) is 0 Å². The first-order valence-electron chi connectivity index (χ1n) is 11.7. The second-order valence-electron chi connectivity index (χ2n) is 8.97. The fourth-order valence-electron chi connectivity index (χ4n) is 4.52. The molecule has 2 aliphatic rings. The van der Waals surface area contributed by atoms with Gasteiger partial charge in [-0.1, -0.05) is 25.1 Å². The van der Waals surface area contributed by atoms with Gasteiger partial charge in [0.05, 0.1) is 18.9 Å². The molecular weight excluding hydrogens is 402 g/mol. The largest absolute Gasteiger partial charge is 0.493 e. The summed E-state index contributed by atoms with van der Waals surface area (Å²) < 4.78 is 5.64. The molecule has 2 aliphatic heterocycles. The van der Waals surface area contributed by atoms with Crippen molar-refractivity contribution >= 4 is 23.2 Å². The van der Waals surface area contributed by atoms with Crippen molar-refractivity contribution in [2.75, 3.05) is 43.0 Å². The van der Waals surface area contributed by atoms with Crippen molar-refractivity contribution < 1.29 is 14.3 Å². The zero-order valence-corrected chi connectivity index (χ0v) is 18.8. The van der Waals surface area contributed by atoms with Gasteiger partial charge in [-0.15, -0.1) is 0 Å². The van der Waals surface area contributed by atoms with Crippen molar-refractivity contribution in [3.05, 3.63) is 54.6 Å². The first-order chi connectivity index (χ1) is 15.6. The molecular formula is C26H33N3O3. The van der Waals surface area contributed by atoms with E-state index in [1.165, 1.54) is 12.1 Å². The van der Waals surface area contributed by atoms with Crippen LogP contribution in [-0.2, 0) is 9.59 Å². The molecule has 0 bridgehead atoms. The van der Waals surface area contributed by atoms with E-state index < -0.39 is 0 Å². The number of nitrogens with zero attached hydrogens (tertiary/aromatic N) is 2. The predicted octanol–water partition coefficient (Wildman–Crippen LogP) is 4.18. The maximum absolute atomic E-state index is 12.8. The number of ether oxygens (including phenoxy) is 1. The van der Waals surface area contributed by atoms with E-state index in [2.05, 4.69) is 29.3 Å². The SMILES string of the molecule is CC1CCN(c2ccc(NC(=O)C3CCCN(C(=O)CCOc4ccccc4)C3)cc2)C1. The molecule has 0 aliphatic carbocycles. The number of carbonyl (C=O) groups excluding carboxylic acids is 2. The van der Waals surface area contributed by atoms with Crippen LogP contribution in [0.15, 0.2) is 54.6 Å². The second-order valence-corrected chi connectivity index (χ2v) is 8.97. The topological polar surface area (TPSA) is 61.9 Å². The molecule has 6 heteroatoms. The minimum atomic E-state index is -0.179. The average Bonchev–Trinajstić information content (AvgIpc) is 3.26. The lowest BCUT2D eigenvalue weighted by Gasteiger charge is -2.32. The number of hydrogen-bond donors (Lipinski definition) is 1. The number of piperidine rings is 1. The van der Waals surface area contributed by atoms with Crippen LogP contribution in [0.1, 0.15) is 32.6 Å². The first-order valence-corrected chi connectivity index (χ1v) is 11.7. The van der Waals surface area contributed by atoms with E-state index in [1.54, 1.807) is 4.90 Å². The summed E-state index contributed by atoms with van der Waals surface area (Å²) in [4.78, 5) is 29.6. The molecule has 2 aromatic carbocycles. The summed E-state index contributed by atoms with van der Waals surface area (Å²) in [6, 6.07) is 17.6. The van der Waals surface area contributed by atoms with E-state index in [0.29, 0.717) is 26.1 Å². The number of hydrogen-bond acceptors (Lipinski definition) is 4. The Bertz CT molecular complexity index is 900. The summed E-state index contributed by atoms with van der Waals surface area (Å²) in [7, 11) is 0. The number of nitrogens with one attached hydrogen (secondary N) is 1. The lowest BCUT2D eigenvalue weighted by atomic mass is 9.96. The Kier molecular flexibility index (Phi) is 7.30. The molecule has 2 saturated heterocycles. The second kappa shape index (κ2) is 10.5. The van der Waals surface area contributed by atoms with Crippen LogP contribution in [0.2, 0.25) is 0 Å². The van der Waals surface area contributed by atoms with Gasteiger partial charge in [-0.2, -0.15) is 0 Å². The summed E-state index contributed by atoms with van der Waals surface area (Å²) in [6.07, 6.45) is 3.20. The Morgan fingerprint density at radius 1 is 1.00 bits per heavy atom. The van der Waals surface area contributed by atoms with Crippen molar-refractivity contribution in [2.24, 2.45) is 11.8 Å². The lowest BCUT2D eigenvalue weighted by molar-refractivity contribution is -0.135. The molecule has 0 saturated carbocycles. The van der Waals surface area contributed by atoms with E-state index in [4.69, 9.17) is 4.74 Å². The molecule has 6 nitrogen and oxygen atoms in total. The van der Waals surface area contributed by atoms with Gasteiger partial charge < -0.3 is 19.9 Å². The van der Waals surface area contributed by atoms with Crippen molar-refractivity contribution in [1.82, 2.24) is 4.90 Å². The minimum Gasteiger partial charge on any atom is -0.493 e. The van der Waals surface area contributed by atoms with Gasteiger partial charge in [0.1, 0.15) is 5.75 Å². The Morgan fingerprint density at radius 3 is 2.50 bits per heavy atom. The van der Waals surface area contributed by atoms with E-state index in [1.807, 2.05) is 42.5 Å². The Balaban J connectivity index is 1.24. The Labute approximate surface area is 190 Å². The van der Waals surface area contributed by atoms with E-state index in [-0.39, 0.29) is 17.7 Å². The predicted molar refractivity (Wildman–Crippen MR) is 127 cm³/mol. The maximum Gasteiger partial charge on any atom is 0.229 e. The molecule has 32 heavy (non-hydrogen) atoms. The fourth-order valence-corrected chi connectivity index (χ4v) is 4.52. The van der Waals surface area contributed by atoms with E-state index >= 15 is 0 Å². The summed E-state index contributed by atoms with van der Waals surface area (Å²) in [6.45, 7) is 5.99. The van der Waals surface area contributed by atoms with E-state index in [0.717, 1.165) is 43.3 Å². The molecule has 0 aromatic heterocycles. The van der Waals surface area contributed by atoms with Crippen LogP contribution in [0.4, 0.5) is 11.4 Å². The van der Waals surface area contributed by atoms with Crippen molar-refractivity contribution in [2.45, 2.75) is 32.6 Å². The summed E-state index contributed by atoms with van der Waals surface area (Å²) >= 11 is 0. The summed E-state index contributed by atoms with van der Waals surface area (Å²) in [5, 5.41) is 3.04. The van der Waals surface area contributed by atoms with Crippen LogP contribution >= 0.6 is 0 Å². The van der Waals surface area contributed by atoms with Gasteiger partial charge in [-0.05, 0) is 61.6 Å². The normalized spacial score (nSPS) is 20.8. The molecule has 0 spiro atoms. The third-order valence-corrected chi connectivity index (χ3v) is 6.40. The third kappa shape index (κ3) is 5.81.